The largest absolute Gasteiger partial charge is 0.377 e. The summed E-state index contributed by atoms with van der Waals surface area (Å²) >= 11 is 0. The van der Waals surface area contributed by atoms with Crippen LogP contribution in [0.5, 0.6) is 0 Å². The highest BCUT2D eigenvalue weighted by Crippen LogP contribution is 2.37. The summed E-state index contributed by atoms with van der Waals surface area (Å²) in [5.74, 6) is 0.672. The first-order valence-electron chi connectivity index (χ1n) is 4.07. The quantitative estimate of drug-likeness (QED) is 0.322. The molecule has 4 heteroatoms. The van der Waals surface area contributed by atoms with Crippen LogP contribution < -0.4 is 0 Å². The maximum atomic E-state index is 8.25. The van der Waals surface area contributed by atoms with Crippen LogP contribution in [0, 0.1) is 5.92 Å². The number of hydrogen-bond acceptors (Lipinski definition) is 2. The lowest BCUT2D eigenvalue weighted by Crippen LogP contribution is -2.20. The molecule has 0 aromatic heterocycles. The Kier molecular flexibility index (Phi) is 1.72. The topological polar surface area (TPSA) is 58.0 Å². The zero-order valence-corrected chi connectivity index (χ0v) is 6.31. The van der Waals surface area contributed by atoms with E-state index >= 15 is 0 Å². The SMILES string of the molecule is [N-]=[N+]=NC1CCC2CCOC21. The second-order valence-corrected chi connectivity index (χ2v) is 3.23. The van der Waals surface area contributed by atoms with Gasteiger partial charge in [0.25, 0.3) is 0 Å². The van der Waals surface area contributed by atoms with E-state index in [0.29, 0.717) is 5.92 Å². The molecule has 2 fully saturated rings. The number of hydrogen-bond donors (Lipinski definition) is 0. The van der Waals surface area contributed by atoms with Crippen molar-refractivity contribution >= 4 is 0 Å². The van der Waals surface area contributed by atoms with Crippen molar-refractivity contribution in [3.05, 3.63) is 10.4 Å². The Morgan fingerprint density at radius 2 is 2.27 bits per heavy atom. The first-order chi connectivity index (χ1) is 5.42. The van der Waals surface area contributed by atoms with E-state index in [-0.39, 0.29) is 12.1 Å². The van der Waals surface area contributed by atoms with Crippen LogP contribution in [-0.2, 0) is 4.74 Å². The van der Waals surface area contributed by atoms with Crippen LogP contribution in [0.25, 0.3) is 10.4 Å². The number of rotatable bonds is 1. The maximum Gasteiger partial charge on any atom is 0.0688 e. The van der Waals surface area contributed by atoms with Crippen LogP contribution in [0.3, 0.4) is 0 Å². The zero-order valence-electron chi connectivity index (χ0n) is 6.31. The predicted molar refractivity (Wildman–Crippen MR) is 40.0 cm³/mol. The summed E-state index contributed by atoms with van der Waals surface area (Å²) in [5.41, 5.74) is 8.25. The van der Waals surface area contributed by atoms with Gasteiger partial charge in [0.05, 0.1) is 12.1 Å². The Hall–Kier alpha value is -0.730. The summed E-state index contributed by atoms with van der Waals surface area (Å²) in [6.45, 7) is 0.854. The predicted octanol–water partition coefficient (Wildman–Crippen LogP) is 1.86. The van der Waals surface area contributed by atoms with E-state index in [9.17, 15) is 0 Å². The van der Waals surface area contributed by atoms with Gasteiger partial charge in [0.15, 0.2) is 0 Å². The van der Waals surface area contributed by atoms with Gasteiger partial charge in [-0.05, 0) is 30.7 Å². The van der Waals surface area contributed by atoms with Gasteiger partial charge in [-0.3, -0.25) is 0 Å². The minimum absolute atomic E-state index is 0.118. The van der Waals surface area contributed by atoms with Gasteiger partial charge in [-0.2, -0.15) is 0 Å². The molecule has 3 unspecified atom stereocenters. The Bertz CT molecular complexity index is 200. The second-order valence-electron chi connectivity index (χ2n) is 3.23. The number of ether oxygens (including phenoxy) is 1. The summed E-state index contributed by atoms with van der Waals surface area (Å²) in [6.07, 6.45) is 3.58. The van der Waals surface area contributed by atoms with Gasteiger partial charge in [-0.25, -0.2) is 0 Å². The molecule has 0 aromatic rings. The van der Waals surface area contributed by atoms with E-state index in [1.807, 2.05) is 0 Å². The molecule has 0 radical (unpaired) electrons. The molecule has 1 saturated heterocycles. The first-order valence-corrected chi connectivity index (χ1v) is 4.07. The van der Waals surface area contributed by atoms with Gasteiger partial charge < -0.3 is 4.74 Å². The summed E-state index contributed by atoms with van der Waals surface area (Å²) in [5, 5.41) is 3.72. The molecule has 2 rings (SSSR count). The standard InChI is InChI=1S/C7H11N3O/c8-10-9-6-2-1-5-3-4-11-7(5)6/h5-7H,1-4H2. The first kappa shape index (κ1) is 6.95. The lowest BCUT2D eigenvalue weighted by molar-refractivity contribution is 0.0901. The van der Waals surface area contributed by atoms with Gasteiger partial charge in [0.1, 0.15) is 0 Å². The van der Waals surface area contributed by atoms with Crippen molar-refractivity contribution in [1.29, 1.82) is 0 Å². The molecule has 0 spiro atoms. The molecule has 0 N–H and O–H groups in total. The Labute approximate surface area is 65.2 Å². The number of azide groups is 1. The minimum atomic E-state index is 0.118. The van der Waals surface area contributed by atoms with Gasteiger partial charge in [-0.15, -0.1) is 0 Å². The number of fused-ring (bicyclic) bond motifs is 1. The fourth-order valence-electron chi connectivity index (χ4n) is 2.13. The van der Waals surface area contributed by atoms with Crippen molar-refractivity contribution in [3.8, 4) is 0 Å². The molecule has 1 aliphatic heterocycles. The van der Waals surface area contributed by atoms with Gasteiger partial charge in [-0.1, -0.05) is 5.11 Å². The van der Waals surface area contributed by atoms with Crippen LogP contribution in [0.1, 0.15) is 19.3 Å². The highest BCUT2D eigenvalue weighted by molar-refractivity contribution is 4.93. The summed E-state index contributed by atoms with van der Waals surface area (Å²) in [7, 11) is 0. The lowest BCUT2D eigenvalue weighted by Gasteiger charge is -2.11. The van der Waals surface area contributed by atoms with Crippen molar-refractivity contribution in [1.82, 2.24) is 0 Å². The fraction of sp³-hybridized carbons (Fsp3) is 1.00. The molecule has 1 saturated carbocycles. The van der Waals surface area contributed by atoms with Crippen LogP contribution in [0.15, 0.2) is 5.11 Å². The lowest BCUT2D eigenvalue weighted by atomic mass is 10.1. The maximum absolute atomic E-state index is 8.25. The molecule has 0 aromatic carbocycles. The summed E-state index contributed by atoms with van der Waals surface area (Å²) in [4.78, 5) is 2.82. The van der Waals surface area contributed by atoms with E-state index in [1.54, 1.807) is 0 Å². The van der Waals surface area contributed by atoms with Gasteiger partial charge >= 0.3 is 0 Å². The Morgan fingerprint density at radius 1 is 1.36 bits per heavy atom. The van der Waals surface area contributed by atoms with Crippen LogP contribution in [0.4, 0.5) is 0 Å². The van der Waals surface area contributed by atoms with Crippen molar-refractivity contribution in [2.24, 2.45) is 11.0 Å². The Morgan fingerprint density at radius 3 is 3.09 bits per heavy atom. The fourth-order valence-corrected chi connectivity index (χ4v) is 2.13. The third kappa shape index (κ3) is 1.08. The second kappa shape index (κ2) is 2.72. The molecule has 3 atom stereocenters. The molecule has 11 heavy (non-hydrogen) atoms. The van der Waals surface area contributed by atoms with Crippen LogP contribution in [0.2, 0.25) is 0 Å². The Balaban J connectivity index is 2.08. The molecule has 0 amide bonds. The summed E-state index contributed by atoms with van der Waals surface area (Å²) < 4.78 is 5.48. The average Bonchev–Trinajstić information content (AvgIpc) is 2.53. The van der Waals surface area contributed by atoms with Gasteiger partial charge in [0, 0.05) is 11.5 Å². The van der Waals surface area contributed by atoms with Crippen LogP contribution >= 0.6 is 0 Å². The molecule has 2 aliphatic rings. The third-order valence-electron chi connectivity index (χ3n) is 2.68. The van der Waals surface area contributed by atoms with Crippen molar-refractivity contribution in [2.75, 3.05) is 6.61 Å². The van der Waals surface area contributed by atoms with E-state index in [4.69, 9.17) is 10.3 Å². The highest BCUT2D eigenvalue weighted by Gasteiger charge is 2.39. The average molecular weight is 153 g/mol. The van der Waals surface area contributed by atoms with E-state index < -0.39 is 0 Å². The van der Waals surface area contributed by atoms with Gasteiger partial charge in [0.2, 0.25) is 0 Å². The van der Waals surface area contributed by atoms with E-state index in [0.717, 1.165) is 19.4 Å². The smallest absolute Gasteiger partial charge is 0.0688 e. The molecule has 1 heterocycles. The molecule has 60 valence electrons. The van der Waals surface area contributed by atoms with Crippen molar-refractivity contribution in [3.63, 3.8) is 0 Å². The molecular weight excluding hydrogens is 142 g/mol. The monoisotopic (exact) mass is 153 g/mol. The van der Waals surface area contributed by atoms with Crippen molar-refractivity contribution < 1.29 is 4.74 Å². The minimum Gasteiger partial charge on any atom is -0.377 e. The molecular formula is C7H11N3O. The molecule has 4 nitrogen and oxygen atoms in total. The summed E-state index contributed by atoms with van der Waals surface area (Å²) in [6, 6.07) is 0.118. The number of nitrogens with zero attached hydrogens (tertiary/aromatic N) is 3. The van der Waals surface area contributed by atoms with Crippen LogP contribution in [-0.4, -0.2) is 18.8 Å². The van der Waals surface area contributed by atoms with E-state index in [1.165, 1.54) is 6.42 Å². The molecule has 1 aliphatic carbocycles. The normalized spacial score (nSPS) is 41.6. The highest BCUT2D eigenvalue weighted by atomic mass is 16.5. The van der Waals surface area contributed by atoms with E-state index in [2.05, 4.69) is 10.0 Å². The zero-order chi connectivity index (χ0) is 7.68. The third-order valence-corrected chi connectivity index (χ3v) is 2.68. The molecule has 0 bridgehead atoms. The van der Waals surface area contributed by atoms with Crippen molar-refractivity contribution in [2.45, 2.75) is 31.4 Å².